The zero-order chi connectivity index (χ0) is 15.2. The van der Waals surface area contributed by atoms with Gasteiger partial charge in [-0.15, -0.1) is 0 Å². The lowest BCUT2D eigenvalue weighted by Gasteiger charge is -2.24. The third-order valence-corrected chi connectivity index (χ3v) is 4.28. The lowest BCUT2D eigenvalue weighted by molar-refractivity contribution is 0.360. The van der Waals surface area contributed by atoms with Crippen LogP contribution in [0.25, 0.3) is 0 Å². The summed E-state index contributed by atoms with van der Waals surface area (Å²) >= 11 is 0. The lowest BCUT2D eigenvalue weighted by atomic mass is 10.1. The molecule has 1 heterocycles. The monoisotopic (exact) mass is 289 g/mol. The molecule has 0 saturated carbocycles. The average molecular weight is 289 g/mol. The van der Waals surface area contributed by atoms with Gasteiger partial charge in [-0.25, -0.2) is 0 Å². The molecular weight excluding hydrogens is 258 g/mol. The van der Waals surface area contributed by atoms with Gasteiger partial charge in [0.1, 0.15) is 0 Å². The summed E-state index contributed by atoms with van der Waals surface area (Å²) in [6.07, 6.45) is 1.26. The first-order chi connectivity index (χ1) is 10.1. The van der Waals surface area contributed by atoms with E-state index in [0.717, 1.165) is 26.2 Å². The molecule has 1 fully saturated rings. The lowest BCUT2D eigenvalue weighted by Crippen LogP contribution is -2.28. The Labute approximate surface area is 130 Å². The molecule has 1 N–H and O–H groups in total. The average Bonchev–Trinajstić information content (AvgIpc) is 2.65. The Balaban J connectivity index is 1.97. The van der Waals surface area contributed by atoms with E-state index in [0.29, 0.717) is 5.92 Å². The van der Waals surface area contributed by atoms with Gasteiger partial charge in [0.2, 0.25) is 0 Å². The predicted molar refractivity (Wildman–Crippen MR) is 92.1 cm³/mol. The van der Waals surface area contributed by atoms with E-state index < -0.39 is 0 Å². The number of likely N-dealkylation sites (N-methyl/N-ethyl adjacent to an activating group) is 1. The molecule has 1 aliphatic rings. The summed E-state index contributed by atoms with van der Waals surface area (Å²) in [6.45, 7) is 13.5. The smallest absolute Gasteiger partial charge is 0.0369 e. The summed E-state index contributed by atoms with van der Waals surface area (Å²) in [5.41, 5.74) is 4.21. The number of hydrogen-bond acceptors (Lipinski definition) is 3. The zero-order valence-corrected chi connectivity index (χ0v) is 14.2. The van der Waals surface area contributed by atoms with Crippen molar-refractivity contribution in [2.24, 2.45) is 5.92 Å². The molecule has 1 aliphatic heterocycles. The molecule has 0 atom stereocenters. The van der Waals surface area contributed by atoms with Crippen LogP contribution in [-0.2, 0) is 6.54 Å². The molecule has 21 heavy (non-hydrogen) atoms. The summed E-state index contributed by atoms with van der Waals surface area (Å²) < 4.78 is 0. The van der Waals surface area contributed by atoms with Crippen LogP contribution in [0.3, 0.4) is 0 Å². The van der Waals surface area contributed by atoms with Crippen LogP contribution in [-0.4, -0.2) is 44.7 Å². The molecule has 3 heteroatoms. The molecule has 0 unspecified atom stereocenters. The van der Waals surface area contributed by atoms with Crippen molar-refractivity contribution in [3.05, 3.63) is 29.3 Å². The SMILES string of the molecule is Cc1cc(N2CCCN(C)CC2)ccc1CNCC(C)C. The van der Waals surface area contributed by atoms with Crippen molar-refractivity contribution in [2.45, 2.75) is 33.7 Å². The van der Waals surface area contributed by atoms with Crippen LogP contribution in [0.1, 0.15) is 31.4 Å². The molecule has 0 aliphatic carbocycles. The van der Waals surface area contributed by atoms with Gasteiger partial charge in [-0.2, -0.15) is 0 Å². The van der Waals surface area contributed by atoms with E-state index in [2.05, 4.69) is 61.1 Å². The van der Waals surface area contributed by atoms with E-state index in [9.17, 15) is 0 Å². The maximum absolute atomic E-state index is 3.54. The summed E-state index contributed by atoms with van der Waals surface area (Å²) in [7, 11) is 2.22. The Morgan fingerprint density at radius 2 is 1.95 bits per heavy atom. The third kappa shape index (κ3) is 5.01. The number of anilines is 1. The first-order valence-corrected chi connectivity index (χ1v) is 8.30. The van der Waals surface area contributed by atoms with Gasteiger partial charge in [-0.3, -0.25) is 0 Å². The first kappa shape index (κ1) is 16.3. The number of aryl methyl sites for hydroxylation is 1. The van der Waals surface area contributed by atoms with Crippen LogP contribution >= 0.6 is 0 Å². The van der Waals surface area contributed by atoms with Crippen LogP contribution in [0, 0.1) is 12.8 Å². The highest BCUT2D eigenvalue weighted by Crippen LogP contribution is 2.20. The van der Waals surface area contributed by atoms with Gasteiger partial charge in [0.25, 0.3) is 0 Å². The molecule has 3 nitrogen and oxygen atoms in total. The molecule has 1 aromatic rings. The Morgan fingerprint density at radius 3 is 2.67 bits per heavy atom. The molecule has 0 amide bonds. The molecule has 0 bridgehead atoms. The summed E-state index contributed by atoms with van der Waals surface area (Å²) in [4.78, 5) is 4.96. The highest BCUT2D eigenvalue weighted by Gasteiger charge is 2.13. The van der Waals surface area contributed by atoms with Crippen molar-refractivity contribution in [3.8, 4) is 0 Å². The van der Waals surface area contributed by atoms with Gasteiger partial charge in [0.15, 0.2) is 0 Å². The van der Waals surface area contributed by atoms with Crippen molar-refractivity contribution in [2.75, 3.05) is 44.7 Å². The fourth-order valence-electron chi connectivity index (χ4n) is 2.88. The largest absolute Gasteiger partial charge is 0.370 e. The number of nitrogens with zero attached hydrogens (tertiary/aromatic N) is 2. The second kappa shape index (κ2) is 7.81. The number of hydrogen-bond donors (Lipinski definition) is 1. The van der Waals surface area contributed by atoms with Crippen LogP contribution in [0.5, 0.6) is 0 Å². The number of benzene rings is 1. The minimum absolute atomic E-state index is 0.707. The van der Waals surface area contributed by atoms with E-state index in [1.54, 1.807) is 0 Å². The van der Waals surface area contributed by atoms with Gasteiger partial charge in [-0.1, -0.05) is 19.9 Å². The van der Waals surface area contributed by atoms with Gasteiger partial charge < -0.3 is 15.1 Å². The molecule has 0 aromatic heterocycles. The van der Waals surface area contributed by atoms with Crippen molar-refractivity contribution in [3.63, 3.8) is 0 Å². The highest BCUT2D eigenvalue weighted by atomic mass is 15.2. The maximum atomic E-state index is 3.54. The van der Waals surface area contributed by atoms with E-state index >= 15 is 0 Å². The molecule has 1 saturated heterocycles. The normalized spacial score (nSPS) is 17.3. The van der Waals surface area contributed by atoms with Crippen molar-refractivity contribution in [1.82, 2.24) is 10.2 Å². The quantitative estimate of drug-likeness (QED) is 0.899. The van der Waals surface area contributed by atoms with E-state index in [1.807, 2.05) is 0 Å². The highest BCUT2D eigenvalue weighted by molar-refractivity contribution is 5.51. The van der Waals surface area contributed by atoms with Crippen LogP contribution in [0.2, 0.25) is 0 Å². The number of nitrogens with one attached hydrogen (secondary N) is 1. The summed E-state index contributed by atoms with van der Waals surface area (Å²) in [6, 6.07) is 6.95. The summed E-state index contributed by atoms with van der Waals surface area (Å²) in [5, 5.41) is 3.54. The van der Waals surface area contributed by atoms with Crippen LogP contribution in [0.15, 0.2) is 18.2 Å². The fourth-order valence-corrected chi connectivity index (χ4v) is 2.88. The van der Waals surface area contributed by atoms with Gasteiger partial charge in [0.05, 0.1) is 0 Å². The second-order valence-electron chi connectivity index (χ2n) is 6.78. The van der Waals surface area contributed by atoms with Crippen molar-refractivity contribution in [1.29, 1.82) is 0 Å². The fraction of sp³-hybridized carbons (Fsp3) is 0.667. The van der Waals surface area contributed by atoms with Gasteiger partial charge >= 0.3 is 0 Å². The van der Waals surface area contributed by atoms with E-state index in [4.69, 9.17) is 0 Å². The van der Waals surface area contributed by atoms with Crippen molar-refractivity contribution < 1.29 is 0 Å². The Morgan fingerprint density at radius 1 is 1.14 bits per heavy atom. The molecule has 0 spiro atoms. The predicted octanol–water partition coefficient (Wildman–Crippen LogP) is 2.88. The van der Waals surface area contributed by atoms with Crippen molar-refractivity contribution >= 4 is 5.69 Å². The Kier molecular flexibility index (Phi) is 6.07. The molecule has 2 rings (SSSR count). The Hall–Kier alpha value is -1.06. The summed E-state index contributed by atoms with van der Waals surface area (Å²) in [5.74, 6) is 0.707. The minimum atomic E-state index is 0.707. The second-order valence-corrected chi connectivity index (χ2v) is 6.78. The zero-order valence-electron chi connectivity index (χ0n) is 14.2. The molecular formula is C18H31N3. The van der Waals surface area contributed by atoms with E-state index in [-0.39, 0.29) is 0 Å². The Bertz CT molecular complexity index is 442. The standard InChI is InChI=1S/C18H31N3/c1-15(2)13-19-14-17-6-7-18(12-16(17)3)21-9-5-8-20(4)10-11-21/h6-7,12,15,19H,5,8-11,13-14H2,1-4H3. The molecule has 0 radical (unpaired) electrons. The van der Waals surface area contributed by atoms with Gasteiger partial charge in [0, 0.05) is 31.9 Å². The van der Waals surface area contributed by atoms with E-state index in [1.165, 1.54) is 36.3 Å². The van der Waals surface area contributed by atoms with Crippen LogP contribution in [0.4, 0.5) is 5.69 Å². The first-order valence-electron chi connectivity index (χ1n) is 8.30. The minimum Gasteiger partial charge on any atom is -0.370 e. The van der Waals surface area contributed by atoms with Crippen LogP contribution < -0.4 is 10.2 Å². The third-order valence-electron chi connectivity index (χ3n) is 4.28. The maximum Gasteiger partial charge on any atom is 0.0369 e. The van der Waals surface area contributed by atoms with Gasteiger partial charge in [-0.05, 0) is 62.7 Å². The number of rotatable bonds is 5. The molecule has 118 valence electrons. The topological polar surface area (TPSA) is 18.5 Å². The molecule has 1 aromatic carbocycles.